The molecular formula is C20H25NO2S. The molecule has 24 heavy (non-hydrogen) atoms. The van der Waals surface area contributed by atoms with E-state index in [4.69, 9.17) is 0 Å². The Balaban J connectivity index is 1.82. The van der Waals surface area contributed by atoms with E-state index in [2.05, 4.69) is 24.6 Å². The van der Waals surface area contributed by atoms with Crippen LogP contribution in [0.1, 0.15) is 61.8 Å². The predicted octanol–water partition coefficient (Wildman–Crippen LogP) is 4.56. The lowest BCUT2D eigenvalue weighted by atomic mass is 9.88. The second-order valence-electron chi connectivity index (χ2n) is 6.64. The molecule has 0 saturated carbocycles. The Morgan fingerprint density at radius 1 is 1.12 bits per heavy atom. The maximum Gasteiger partial charge on any atom is 0.241 e. The molecule has 0 saturated heterocycles. The summed E-state index contributed by atoms with van der Waals surface area (Å²) in [6.07, 6.45) is 3.93. The van der Waals surface area contributed by atoms with Crippen LogP contribution in [0.5, 0.6) is 0 Å². The van der Waals surface area contributed by atoms with Crippen LogP contribution in [-0.2, 0) is 16.4 Å². The fourth-order valence-corrected chi connectivity index (χ4v) is 4.59. The summed E-state index contributed by atoms with van der Waals surface area (Å²) in [7, 11) is -3.50. The van der Waals surface area contributed by atoms with E-state index in [0.29, 0.717) is 10.8 Å². The molecule has 128 valence electrons. The summed E-state index contributed by atoms with van der Waals surface area (Å²) in [6, 6.07) is 15.3. The van der Waals surface area contributed by atoms with Crippen molar-refractivity contribution in [3.63, 3.8) is 0 Å². The third kappa shape index (κ3) is 3.55. The zero-order valence-electron chi connectivity index (χ0n) is 14.3. The van der Waals surface area contributed by atoms with Gasteiger partial charge in [-0.2, -0.15) is 0 Å². The normalized spacial score (nSPS) is 18.8. The van der Waals surface area contributed by atoms with Crippen molar-refractivity contribution < 1.29 is 8.42 Å². The van der Waals surface area contributed by atoms with E-state index < -0.39 is 10.0 Å². The maximum atomic E-state index is 12.7. The number of sulfonamides is 1. The van der Waals surface area contributed by atoms with E-state index in [1.54, 1.807) is 12.1 Å². The largest absolute Gasteiger partial charge is 0.241 e. The first-order valence-corrected chi connectivity index (χ1v) is 10.2. The number of fused-ring (bicyclic) bond motifs is 1. The van der Waals surface area contributed by atoms with E-state index in [-0.39, 0.29) is 6.04 Å². The summed E-state index contributed by atoms with van der Waals surface area (Å²) in [5.41, 5.74) is 3.55. The molecule has 2 aromatic carbocycles. The van der Waals surface area contributed by atoms with E-state index in [9.17, 15) is 8.42 Å². The summed E-state index contributed by atoms with van der Waals surface area (Å²) in [5, 5.41) is 0. The average Bonchev–Trinajstić information content (AvgIpc) is 2.61. The molecule has 1 aliphatic rings. The second-order valence-corrected chi connectivity index (χ2v) is 8.36. The van der Waals surface area contributed by atoms with Crippen LogP contribution in [0.25, 0.3) is 0 Å². The number of hydrogen-bond donors (Lipinski definition) is 1. The fraction of sp³-hybridized carbons (Fsp3) is 0.400. The zero-order chi connectivity index (χ0) is 17.2. The Labute approximate surface area is 145 Å². The van der Waals surface area contributed by atoms with Crippen molar-refractivity contribution in [1.82, 2.24) is 4.72 Å². The fourth-order valence-electron chi connectivity index (χ4n) is 3.34. The van der Waals surface area contributed by atoms with Gasteiger partial charge in [-0.15, -0.1) is 0 Å². The van der Waals surface area contributed by atoms with Crippen LogP contribution in [0.4, 0.5) is 0 Å². The highest BCUT2D eigenvalue weighted by molar-refractivity contribution is 7.89. The number of hydrogen-bond acceptors (Lipinski definition) is 2. The molecule has 0 amide bonds. The number of rotatable bonds is 5. The van der Waals surface area contributed by atoms with Crippen LogP contribution in [0, 0.1) is 0 Å². The Kier molecular flexibility index (Phi) is 5.07. The van der Waals surface area contributed by atoms with Crippen LogP contribution in [-0.4, -0.2) is 8.42 Å². The third-order valence-corrected chi connectivity index (χ3v) is 6.53. The van der Waals surface area contributed by atoms with Crippen LogP contribution in [0.2, 0.25) is 0 Å². The van der Waals surface area contributed by atoms with Crippen molar-refractivity contribution in [3.05, 3.63) is 65.2 Å². The van der Waals surface area contributed by atoms with Crippen molar-refractivity contribution in [3.8, 4) is 0 Å². The molecule has 0 fully saturated rings. The highest BCUT2D eigenvalue weighted by Gasteiger charge is 2.25. The molecule has 0 heterocycles. The Morgan fingerprint density at radius 3 is 2.54 bits per heavy atom. The van der Waals surface area contributed by atoms with Gasteiger partial charge in [0.1, 0.15) is 0 Å². The van der Waals surface area contributed by atoms with Gasteiger partial charge < -0.3 is 0 Å². The van der Waals surface area contributed by atoms with Crippen molar-refractivity contribution in [1.29, 1.82) is 0 Å². The van der Waals surface area contributed by atoms with Crippen molar-refractivity contribution in [2.24, 2.45) is 0 Å². The van der Waals surface area contributed by atoms with Gasteiger partial charge in [0.2, 0.25) is 10.0 Å². The van der Waals surface area contributed by atoms with E-state index in [1.807, 2.05) is 30.3 Å². The number of nitrogens with one attached hydrogen (secondary N) is 1. The molecular weight excluding hydrogens is 318 g/mol. The summed E-state index contributed by atoms with van der Waals surface area (Å²) in [5.74, 6) is 0.444. The first kappa shape index (κ1) is 17.2. The van der Waals surface area contributed by atoms with Gasteiger partial charge >= 0.3 is 0 Å². The highest BCUT2D eigenvalue weighted by atomic mass is 32.2. The van der Waals surface area contributed by atoms with E-state index in [0.717, 1.165) is 31.2 Å². The topological polar surface area (TPSA) is 46.2 Å². The average molecular weight is 343 g/mol. The quantitative estimate of drug-likeness (QED) is 0.865. The van der Waals surface area contributed by atoms with E-state index >= 15 is 0 Å². The van der Waals surface area contributed by atoms with Gasteiger partial charge in [0.25, 0.3) is 0 Å². The zero-order valence-corrected chi connectivity index (χ0v) is 15.1. The lowest BCUT2D eigenvalue weighted by Gasteiger charge is -2.26. The van der Waals surface area contributed by atoms with Gasteiger partial charge in [-0.3, -0.25) is 0 Å². The number of aryl methyl sites for hydroxylation is 1. The standard InChI is InChI=1S/C20H25NO2S/c1-3-15(2)16-11-13-18(14-12-16)24(22,23)21-20-10-6-8-17-7-4-5-9-19(17)20/h4-5,7,9,11-15,20-21H,3,6,8,10H2,1-2H3. The third-order valence-electron chi connectivity index (χ3n) is 5.04. The highest BCUT2D eigenvalue weighted by Crippen LogP contribution is 2.31. The Bertz CT molecular complexity index is 797. The molecule has 0 aromatic heterocycles. The summed E-state index contributed by atoms with van der Waals surface area (Å²) >= 11 is 0. The van der Waals surface area contributed by atoms with Gasteiger partial charge in [-0.05, 0) is 60.4 Å². The van der Waals surface area contributed by atoms with Crippen molar-refractivity contribution in [2.75, 3.05) is 0 Å². The van der Waals surface area contributed by atoms with Gasteiger partial charge in [0, 0.05) is 6.04 Å². The minimum absolute atomic E-state index is 0.130. The molecule has 0 spiro atoms. The van der Waals surface area contributed by atoms with Crippen LogP contribution in [0.15, 0.2) is 53.4 Å². The molecule has 3 nitrogen and oxygen atoms in total. The summed E-state index contributed by atoms with van der Waals surface area (Å²) < 4.78 is 28.4. The summed E-state index contributed by atoms with van der Waals surface area (Å²) in [6.45, 7) is 4.29. The summed E-state index contributed by atoms with van der Waals surface area (Å²) in [4.78, 5) is 0.345. The lowest BCUT2D eigenvalue weighted by Crippen LogP contribution is -2.31. The van der Waals surface area contributed by atoms with Gasteiger partial charge in [-0.25, -0.2) is 13.1 Å². The Morgan fingerprint density at radius 2 is 1.83 bits per heavy atom. The Hall–Kier alpha value is -1.65. The molecule has 4 heteroatoms. The SMILES string of the molecule is CCC(C)c1ccc(S(=O)(=O)NC2CCCc3ccccc32)cc1. The lowest BCUT2D eigenvalue weighted by molar-refractivity contribution is 0.507. The first-order valence-electron chi connectivity index (χ1n) is 8.71. The molecule has 2 unspecified atom stereocenters. The monoisotopic (exact) mass is 343 g/mol. The molecule has 2 atom stereocenters. The van der Waals surface area contributed by atoms with Gasteiger partial charge in [-0.1, -0.05) is 50.2 Å². The van der Waals surface area contributed by atoms with Crippen molar-refractivity contribution in [2.45, 2.75) is 56.4 Å². The van der Waals surface area contributed by atoms with E-state index in [1.165, 1.54) is 11.1 Å². The molecule has 0 bridgehead atoms. The van der Waals surface area contributed by atoms with Crippen LogP contribution >= 0.6 is 0 Å². The predicted molar refractivity (Wildman–Crippen MR) is 97.6 cm³/mol. The molecule has 3 rings (SSSR count). The minimum atomic E-state index is -3.50. The van der Waals surface area contributed by atoms with Crippen LogP contribution in [0.3, 0.4) is 0 Å². The molecule has 0 aliphatic heterocycles. The van der Waals surface area contributed by atoms with Gasteiger partial charge in [0.05, 0.1) is 4.90 Å². The van der Waals surface area contributed by atoms with Crippen LogP contribution < -0.4 is 4.72 Å². The second kappa shape index (κ2) is 7.08. The van der Waals surface area contributed by atoms with Crippen molar-refractivity contribution >= 4 is 10.0 Å². The smallest absolute Gasteiger partial charge is 0.207 e. The molecule has 0 radical (unpaired) electrons. The van der Waals surface area contributed by atoms with Gasteiger partial charge in [0.15, 0.2) is 0 Å². The molecule has 1 N–H and O–H groups in total. The number of benzene rings is 2. The molecule has 2 aromatic rings. The molecule has 1 aliphatic carbocycles. The first-order chi connectivity index (χ1) is 11.5. The maximum absolute atomic E-state index is 12.7. The minimum Gasteiger partial charge on any atom is -0.207 e.